The minimum atomic E-state index is -0.104. The van der Waals surface area contributed by atoms with E-state index < -0.39 is 0 Å². The van der Waals surface area contributed by atoms with Gasteiger partial charge in [0.25, 0.3) is 0 Å². The Kier molecular flexibility index (Phi) is 3.74. The van der Waals surface area contributed by atoms with Crippen molar-refractivity contribution < 1.29 is 9.53 Å². The van der Waals surface area contributed by atoms with Gasteiger partial charge in [-0.3, -0.25) is 4.79 Å². The van der Waals surface area contributed by atoms with E-state index in [9.17, 15) is 4.79 Å². The van der Waals surface area contributed by atoms with Gasteiger partial charge in [-0.25, -0.2) is 4.98 Å². The number of carbonyl (C=O) groups is 1. The molecule has 0 fully saturated rings. The number of nitrogens with zero attached hydrogens (tertiary/aromatic N) is 2. The number of benzene rings is 1. The molecule has 2 aromatic rings. The molecule has 0 amide bonds. The molecule has 0 radical (unpaired) electrons. The maximum Gasteiger partial charge on any atom is 0.228 e. The summed E-state index contributed by atoms with van der Waals surface area (Å²) in [5, 5.41) is 0. The van der Waals surface area contributed by atoms with E-state index in [1.165, 1.54) is 0 Å². The molecule has 0 aliphatic carbocycles. The molecular weight excluding hydrogens is 230 g/mol. The second-order valence-electron chi connectivity index (χ2n) is 3.85. The highest BCUT2D eigenvalue weighted by atomic mass is 16.5. The standard InChI is InChI=1S/C13H15N3O2/c1-16-8-7-15-13(16)12(17)10-2-4-11(5-3-10)18-9-6-14/h2-5,7-8H,6,9,14H2,1H3. The van der Waals surface area contributed by atoms with E-state index in [4.69, 9.17) is 10.5 Å². The van der Waals surface area contributed by atoms with Crippen molar-refractivity contribution in [3.05, 3.63) is 48.0 Å². The number of imidazole rings is 1. The third-order valence-electron chi connectivity index (χ3n) is 2.53. The largest absolute Gasteiger partial charge is 0.492 e. The predicted molar refractivity (Wildman–Crippen MR) is 67.6 cm³/mol. The first-order valence-corrected chi connectivity index (χ1v) is 5.67. The minimum Gasteiger partial charge on any atom is -0.492 e. The first-order chi connectivity index (χ1) is 8.72. The number of ether oxygens (including phenoxy) is 1. The monoisotopic (exact) mass is 245 g/mol. The fraction of sp³-hybridized carbons (Fsp3) is 0.231. The Bertz CT molecular complexity index is 531. The molecule has 5 heteroatoms. The van der Waals surface area contributed by atoms with Gasteiger partial charge in [0.2, 0.25) is 5.78 Å². The number of hydrogen-bond donors (Lipinski definition) is 1. The van der Waals surface area contributed by atoms with Crippen LogP contribution in [0.4, 0.5) is 0 Å². The van der Waals surface area contributed by atoms with Crippen LogP contribution >= 0.6 is 0 Å². The summed E-state index contributed by atoms with van der Waals surface area (Å²) in [7, 11) is 1.79. The van der Waals surface area contributed by atoms with Gasteiger partial charge in [-0.1, -0.05) is 0 Å². The van der Waals surface area contributed by atoms with E-state index in [1.54, 1.807) is 48.3 Å². The van der Waals surface area contributed by atoms with Gasteiger partial charge in [0.05, 0.1) is 0 Å². The summed E-state index contributed by atoms with van der Waals surface area (Å²) in [5.41, 5.74) is 5.93. The zero-order valence-electron chi connectivity index (χ0n) is 10.2. The van der Waals surface area contributed by atoms with E-state index in [0.29, 0.717) is 30.3 Å². The smallest absolute Gasteiger partial charge is 0.228 e. The Morgan fingerprint density at radius 1 is 1.39 bits per heavy atom. The van der Waals surface area contributed by atoms with Crippen LogP contribution in [0.1, 0.15) is 16.2 Å². The number of nitrogens with two attached hydrogens (primary N) is 1. The summed E-state index contributed by atoms with van der Waals surface area (Å²) >= 11 is 0. The molecule has 0 saturated carbocycles. The lowest BCUT2D eigenvalue weighted by atomic mass is 10.1. The van der Waals surface area contributed by atoms with Crippen LogP contribution in [-0.4, -0.2) is 28.5 Å². The quantitative estimate of drug-likeness (QED) is 0.797. The van der Waals surface area contributed by atoms with Crippen LogP contribution in [-0.2, 0) is 7.05 Å². The molecule has 0 unspecified atom stereocenters. The van der Waals surface area contributed by atoms with E-state index in [-0.39, 0.29) is 5.78 Å². The lowest BCUT2D eigenvalue weighted by Gasteiger charge is -2.05. The van der Waals surface area contributed by atoms with Gasteiger partial charge in [0.1, 0.15) is 12.4 Å². The summed E-state index contributed by atoms with van der Waals surface area (Å²) < 4.78 is 7.04. The highest BCUT2D eigenvalue weighted by Crippen LogP contribution is 2.14. The molecule has 0 atom stereocenters. The molecule has 0 saturated heterocycles. The third-order valence-corrected chi connectivity index (χ3v) is 2.53. The van der Waals surface area contributed by atoms with Crippen LogP contribution in [0.5, 0.6) is 5.75 Å². The zero-order valence-corrected chi connectivity index (χ0v) is 10.2. The molecular formula is C13H15N3O2. The van der Waals surface area contributed by atoms with Crippen molar-refractivity contribution >= 4 is 5.78 Å². The minimum absolute atomic E-state index is 0.104. The lowest BCUT2D eigenvalue weighted by molar-refractivity contribution is 0.102. The average Bonchev–Trinajstić information content (AvgIpc) is 2.82. The Hall–Kier alpha value is -2.14. The van der Waals surface area contributed by atoms with Crippen LogP contribution in [0.25, 0.3) is 0 Å². The molecule has 94 valence electrons. The molecule has 1 aromatic heterocycles. The van der Waals surface area contributed by atoms with Crippen molar-refractivity contribution in [2.75, 3.05) is 13.2 Å². The topological polar surface area (TPSA) is 70.1 Å². The van der Waals surface area contributed by atoms with Crippen molar-refractivity contribution in [3.63, 3.8) is 0 Å². The number of hydrogen-bond acceptors (Lipinski definition) is 4. The van der Waals surface area contributed by atoms with Crippen LogP contribution in [0.3, 0.4) is 0 Å². The van der Waals surface area contributed by atoms with Gasteiger partial charge >= 0.3 is 0 Å². The summed E-state index contributed by atoms with van der Waals surface area (Å²) in [4.78, 5) is 16.1. The maximum atomic E-state index is 12.1. The first-order valence-electron chi connectivity index (χ1n) is 5.67. The predicted octanol–water partition coefficient (Wildman–Crippen LogP) is 0.989. The number of ketones is 1. The molecule has 0 bridgehead atoms. The molecule has 2 N–H and O–H groups in total. The van der Waals surface area contributed by atoms with E-state index in [1.807, 2.05) is 0 Å². The fourth-order valence-corrected chi connectivity index (χ4v) is 1.59. The van der Waals surface area contributed by atoms with E-state index in [0.717, 1.165) is 0 Å². The van der Waals surface area contributed by atoms with Gasteiger partial charge in [0.15, 0.2) is 5.82 Å². The maximum absolute atomic E-state index is 12.1. The van der Waals surface area contributed by atoms with Crippen molar-refractivity contribution in [3.8, 4) is 5.75 Å². The van der Waals surface area contributed by atoms with Gasteiger partial charge in [0, 0.05) is 31.5 Å². The van der Waals surface area contributed by atoms with Crippen molar-refractivity contribution in [2.45, 2.75) is 0 Å². The molecule has 0 aliphatic rings. The second-order valence-corrected chi connectivity index (χ2v) is 3.85. The second kappa shape index (κ2) is 5.46. The van der Waals surface area contributed by atoms with Crippen molar-refractivity contribution in [2.24, 2.45) is 12.8 Å². The Morgan fingerprint density at radius 2 is 2.11 bits per heavy atom. The molecule has 5 nitrogen and oxygen atoms in total. The lowest BCUT2D eigenvalue weighted by Crippen LogP contribution is -2.11. The average molecular weight is 245 g/mol. The van der Waals surface area contributed by atoms with Gasteiger partial charge in [-0.2, -0.15) is 0 Å². The Morgan fingerprint density at radius 3 is 2.67 bits per heavy atom. The molecule has 0 spiro atoms. The number of rotatable bonds is 5. The van der Waals surface area contributed by atoms with Crippen LogP contribution in [0, 0.1) is 0 Å². The Labute approximate surface area is 105 Å². The van der Waals surface area contributed by atoms with Crippen LogP contribution in [0.15, 0.2) is 36.7 Å². The zero-order chi connectivity index (χ0) is 13.0. The highest BCUT2D eigenvalue weighted by Gasteiger charge is 2.13. The summed E-state index contributed by atoms with van der Waals surface area (Å²) in [5.74, 6) is 1.02. The molecule has 0 aliphatic heterocycles. The molecule has 2 rings (SSSR count). The van der Waals surface area contributed by atoms with Crippen LogP contribution < -0.4 is 10.5 Å². The highest BCUT2D eigenvalue weighted by molar-refractivity contribution is 6.06. The summed E-state index contributed by atoms with van der Waals surface area (Å²) in [6, 6.07) is 6.96. The molecule has 1 heterocycles. The SMILES string of the molecule is Cn1ccnc1C(=O)c1ccc(OCCN)cc1. The molecule has 1 aromatic carbocycles. The van der Waals surface area contributed by atoms with Crippen molar-refractivity contribution in [1.29, 1.82) is 0 Å². The normalized spacial score (nSPS) is 10.3. The van der Waals surface area contributed by atoms with E-state index >= 15 is 0 Å². The first kappa shape index (κ1) is 12.3. The number of aromatic nitrogens is 2. The van der Waals surface area contributed by atoms with Gasteiger partial charge in [-0.15, -0.1) is 0 Å². The third kappa shape index (κ3) is 2.57. The van der Waals surface area contributed by atoms with Crippen LogP contribution in [0.2, 0.25) is 0 Å². The number of carbonyl (C=O) groups excluding carboxylic acids is 1. The van der Waals surface area contributed by atoms with Crippen molar-refractivity contribution in [1.82, 2.24) is 9.55 Å². The van der Waals surface area contributed by atoms with Gasteiger partial charge < -0.3 is 15.0 Å². The summed E-state index contributed by atoms with van der Waals surface area (Å²) in [6.45, 7) is 0.931. The fourth-order valence-electron chi connectivity index (χ4n) is 1.59. The summed E-state index contributed by atoms with van der Waals surface area (Å²) in [6.07, 6.45) is 3.35. The van der Waals surface area contributed by atoms with E-state index in [2.05, 4.69) is 4.98 Å². The van der Waals surface area contributed by atoms with Gasteiger partial charge in [-0.05, 0) is 24.3 Å². The number of aryl methyl sites for hydroxylation is 1. The Balaban J connectivity index is 2.15. The molecule has 18 heavy (non-hydrogen) atoms.